The summed E-state index contributed by atoms with van der Waals surface area (Å²) in [4.78, 5) is 13.4. The fourth-order valence-corrected chi connectivity index (χ4v) is 1.91. The summed E-state index contributed by atoms with van der Waals surface area (Å²) >= 11 is 0. The summed E-state index contributed by atoms with van der Waals surface area (Å²) in [5.41, 5.74) is -0.875. The molecule has 4 heteroatoms. The first-order chi connectivity index (χ1) is 7.67. The number of nitrogens with zero attached hydrogens (tertiary/aromatic N) is 1. The zero-order valence-electron chi connectivity index (χ0n) is 12.1. The van der Waals surface area contributed by atoms with Gasteiger partial charge in [-0.2, -0.15) is 0 Å². The van der Waals surface area contributed by atoms with E-state index in [1.165, 1.54) is 0 Å². The Kier molecular flexibility index (Phi) is 6.72. The highest BCUT2D eigenvalue weighted by Gasteiger charge is 2.34. The van der Waals surface area contributed by atoms with E-state index >= 15 is 0 Å². The summed E-state index contributed by atoms with van der Waals surface area (Å²) in [5, 5.41) is 12.5. The van der Waals surface area contributed by atoms with Gasteiger partial charge in [-0.25, -0.2) is 0 Å². The summed E-state index contributed by atoms with van der Waals surface area (Å²) in [6.45, 7) is 11.5. The lowest BCUT2D eigenvalue weighted by atomic mass is 10.0. The van der Waals surface area contributed by atoms with E-state index in [2.05, 4.69) is 24.1 Å². The predicted octanol–water partition coefficient (Wildman–Crippen LogP) is 1.81. The van der Waals surface area contributed by atoms with Gasteiger partial charge in [-0.1, -0.05) is 13.8 Å². The third kappa shape index (κ3) is 6.64. The normalized spacial score (nSPS) is 15.6. The second-order valence-electron chi connectivity index (χ2n) is 5.86. The van der Waals surface area contributed by atoms with E-state index in [4.69, 9.17) is 0 Å². The molecule has 0 spiro atoms. The van der Waals surface area contributed by atoms with Crippen LogP contribution >= 0.6 is 0 Å². The molecule has 17 heavy (non-hydrogen) atoms. The smallest absolute Gasteiger partial charge is 0.324 e. The lowest BCUT2D eigenvalue weighted by Crippen LogP contribution is -2.58. The Morgan fingerprint density at radius 2 is 1.88 bits per heavy atom. The second kappa shape index (κ2) is 6.97. The van der Waals surface area contributed by atoms with Gasteiger partial charge in [0.05, 0.1) is 0 Å². The Bertz CT molecular complexity index is 242. The quantitative estimate of drug-likeness (QED) is 0.683. The predicted molar refractivity (Wildman–Crippen MR) is 71.3 cm³/mol. The molecular formula is C13H28N2O2. The molecule has 4 nitrogen and oxygen atoms in total. The number of carbonyl (C=O) groups is 1. The van der Waals surface area contributed by atoms with Crippen LogP contribution in [-0.2, 0) is 4.79 Å². The minimum Gasteiger partial charge on any atom is -0.480 e. The highest BCUT2D eigenvalue weighted by Crippen LogP contribution is 2.09. The van der Waals surface area contributed by atoms with Gasteiger partial charge in [0.25, 0.3) is 0 Å². The molecule has 0 aliphatic heterocycles. The molecule has 0 heterocycles. The third-order valence-corrected chi connectivity index (χ3v) is 2.75. The average molecular weight is 244 g/mol. The van der Waals surface area contributed by atoms with Crippen molar-refractivity contribution < 1.29 is 9.90 Å². The molecule has 2 N–H and O–H groups in total. The standard InChI is InChI=1S/C13H28N2O2/c1-10(2)7-8-15(6)9-13(5,12(16)17)14-11(3)4/h10-11,14H,7-9H2,1-6H3,(H,16,17). The summed E-state index contributed by atoms with van der Waals surface area (Å²) in [6.07, 6.45) is 1.09. The molecule has 0 aromatic carbocycles. The van der Waals surface area contributed by atoms with Crippen molar-refractivity contribution in [2.45, 2.75) is 52.6 Å². The summed E-state index contributed by atoms with van der Waals surface area (Å²) < 4.78 is 0. The van der Waals surface area contributed by atoms with E-state index < -0.39 is 11.5 Å². The van der Waals surface area contributed by atoms with E-state index in [-0.39, 0.29) is 6.04 Å². The van der Waals surface area contributed by atoms with Crippen molar-refractivity contribution >= 4 is 5.97 Å². The number of aliphatic carboxylic acids is 1. The van der Waals surface area contributed by atoms with E-state index in [1.54, 1.807) is 6.92 Å². The van der Waals surface area contributed by atoms with Crippen molar-refractivity contribution in [3.63, 3.8) is 0 Å². The molecule has 1 atom stereocenters. The van der Waals surface area contributed by atoms with Crippen molar-refractivity contribution in [2.24, 2.45) is 5.92 Å². The fourth-order valence-electron chi connectivity index (χ4n) is 1.91. The molecule has 0 aromatic heterocycles. The number of carboxylic acids is 1. The number of likely N-dealkylation sites (N-methyl/N-ethyl adjacent to an activating group) is 1. The number of hydrogen-bond acceptors (Lipinski definition) is 3. The highest BCUT2D eigenvalue weighted by atomic mass is 16.4. The lowest BCUT2D eigenvalue weighted by Gasteiger charge is -2.33. The maximum atomic E-state index is 11.3. The average Bonchev–Trinajstić information content (AvgIpc) is 2.12. The Labute approximate surface area is 105 Å². The number of hydrogen-bond donors (Lipinski definition) is 2. The van der Waals surface area contributed by atoms with Gasteiger partial charge >= 0.3 is 5.97 Å². The lowest BCUT2D eigenvalue weighted by molar-refractivity contribution is -0.145. The van der Waals surface area contributed by atoms with E-state index in [9.17, 15) is 9.90 Å². The van der Waals surface area contributed by atoms with Crippen LogP contribution in [0.2, 0.25) is 0 Å². The van der Waals surface area contributed by atoms with Gasteiger partial charge in [-0.05, 0) is 46.7 Å². The molecule has 0 aliphatic carbocycles. The van der Waals surface area contributed by atoms with Crippen molar-refractivity contribution in [1.82, 2.24) is 10.2 Å². The topological polar surface area (TPSA) is 52.6 Å². The minimum atomic E-state index is -0.875. The molecular weight excluding hydrogens is 216 g/mol. The Hall–Kier alpha value is -0.610. The monoisotopic (exact) mass is 244 g/mol. The summed E-state index contributed by atoms with van der Waals surface area (Å²) in [7, 11) is 1.98. The zero-order chi connectivity index (χ0) is 13.6. The van der Waals surface area contributed by atoms with Gasteiger partial charge in [0, 0.05) is 12.6 Å². The van der Waals surface area contributed by atoms with Crippen molar-refractivity contribution in [1.29, 1.82) is 0 Å². The first kappa shape index (κ1) is 16.4. The van der Waals surface area contributed by atoms with E-state index in [0.717, 1.165) is 13.0 Å². The van der Waals surface area contributed by atoms with Crippen molar-refractivity contribution in [3.05, 3.63) is 0 Å². The molecule has 0 saturated carbocycles. The first-order valence-electron chi connectivity index (χ1n) is 6.37. The molecule has 102 valence electrons. The van der Waals surface area contributed by atoms with E-state index in [0.29, 0.717) is 12.5 Å². The molecule has 1 unspecified atom stereocenters. The SMILES string of the molecule is CC(C)CCN(C)CC(C)(NC(C)C)C(=O)O. The van der Waals surface area contributed by atoms with Crippen LogP contribution in [0.25, 0.3) is 0 Å². The van der Waals surface area contributed by atoms with Crippen LogP contribution in [0.15, 0.2) is 0 Å². The molecule has 0 amide bonds. The largest absolute Gasteiger partial charge is 0.480 e. The minimum absolute atomic E-state index is 0.162. The van der Waals surface area contributed by atoms with Gasteiger partial charge in [0.1, 0.15) is 5.54 Å². The maximum absolute atomic E-state index is 11.3. The molecule has 0 aliphatic rings. The third-order valence-electron chi connectivity index (χ3n) is 2.75. The highest BCUT2D eigenvalue weighted by molar-refractivity contribution is 5.78. The Balaban J connectivity index is 4.38. The van der Waals surface area contributed by atoms with Crippen LogP contribution in [0, 0.1) is 5.92 Å². The second-order valence-corrected chi connectivity index (χ2v) is 5.86. The van der Waals surface area contributed by atoms with Gasteiger partial charge in [-0.15, -0.1) is 0 Å². The van der Waals surface area contributed by atoms with Crippen LogP contribution < -0.4 is 5.32 Å². The first-order valence-corrected chi connectivity index (χ1v) is 6.37. The van der Waals surface area contributed by atoms with Crippen LogP contribution in [0.1, 0.15) is 41.0 Å². The Morgan fingerprint density at radius 3 is 2.24 bits per heavy atom. The van der Waals surface area contributed by atoms with Crippen molar-refractivity contribution in [3.8, 4) is 0 Å². The van der Waals surface area contributed by atoms with Crippen LogP contribution in [0.4, 0.5) is 0 Å². The van der Waals surface area contributed by atoms with Crippen LogP contribution in [0.5, 0.6) is 0 Å². The zero-order valence-corrected chi connectivity index (χ0v) is 12.1. The molecule has 0 saturated heterocycles. The number of carboxylic acid groups (broad SMARTS) is 1. The molecule has 0 aromatic rings. The molecule has 0 bridgehead atoms. The fraction of sp³-hybridized carbons (Fsp3) is 0.923. The van der Waals surface area contributed by atoms with Gasteiger partial charge in [0.2, 0.25) is 0 Å². The van der Waals surface area contributed by atoms with Gasteiger partial charge in [-0.3, -0.25) is 10.1 Å². The van der Waals surface area contributed by atoms with Crippen LogP contribution in [0.3, 0.4) is 0 Å². The van der Waals surface area contributed by atoms with Crippen molar-refractivity contribution in [2.75, 3.05) is 20.1 Å². The Morgan fingerprint density at radius 1 is 1.35 bits per heavy atom. The summed E-state index contributed by atoms with van der Waals surface area (Å²) in [6, 6.07) is 0.162. The van der Waals surface area contributed by atoms with Gasteiger partial charge in [0.15, 0.2) is 0 Å². The van der Waals surface area contributed by atoms with Gasteiger partial charge < -0.3 is 10.0 Å². The maximum Gasteiger partial charge on any atom is 0.324 e. The van der Waals surface area contributed by atoms with Crippen LogP contribution in [-0.4, -0.2) is 47.7 Å². The number of rotatable bonds is 8. The van der Waals surface area contributed by atoms with E-state index in [1.807, 2.05) is 20.9 Å². The molecule has 0 rings (SSSR count). The summed E-state index contributed by atoms with van der Waals surface area (Å²) in [5.74, 6) is -0.144. The molecule has 0 fully saturated rings. The molecule has 0 radical (unpaired) electrons. The number of nitrogens with one attached hydrogen (secondary N) is 1.